The van der Waals surface area contributed by atoms with Gasteiger partial charge in [-0.3, -0.25) is 4.79 Å². The minimum Gasteiger partial charge on any atom is -0.339 e. The average Bonchev–Trinajstić information content (AvgIpc) is 3.41. The van der Waals surface area contributed by atoms with Gasteiger partial charge in [0.2, 0.25) is 11.7 Å². The van der Waals surface area contributed by atoms with Crippen LogP contribution in [0.25, 0.3) is 11.4 Å². The fourth-order valence-electron chi connectivity index (χ4n) is 2.77. The van der Waals surface area contributed by atoms with Gasteiger partial charge in [-0.15, -0.1) is 11.3 Å². The Morgan fingerprint density at radius 1 is 1.00 bits per heavy atom. The van der Waals surface area contributed by atoms with Crippen molar-refractivity contribution in [2.45, 2.75) is 12.5 Å². The van der Waals surface area contributed by atoms with E-state index in [0.29, 0.717) is 23.0 Å². The molecule has 5 nitrogen and oxygen atoms in total. The molecular weight excluding hydrogens is 358 g/mol. The van der Waals surface area contributed by atoms with Gasteiger partial charge in [-0.25, -0.2) is 0 Å². The SMILES string of the molecule is O=C(N[C@H](Cc1ccccc1)c1nc(-c2ccccc2)no1)c1cccs1. The number of hydrogen-bond donors (Lipinski definition) is 1. The molecule has 0 aliphatic carbocycles. The lowest BCUT2D eigenvalue weighted by Crippen LogP contribution is -2.29. The van der Waals surface area contributed by atoms with E-state index in [1.807, 2.05) is 72.1 Å². The third kappa shape index (κ3) is 4.12. The van der Waals surface area contributed by atoms with Gasteiger partial charge in [0, 0.05) is 12.0 Å². The molecule has 2 heterocycles. The zero-order valence-corrected chi connectivity index (χ0v) is 15.2. The van der Waals surface area contributed by atoms with Crippen molar-refractivity contribution in [3.63, 3.8) is 0 Å². The summed E-state index contributed by atoms with van der Waals surface area (Å²) in [6, 6.07) is 22.8. The number of rotatable bonds is 6. The summed E-state index contributed by atoms with van der Waals surface area (Å²) in [5.74, 6) is 0.752. The molecule has 1 amide bonds. The number of carbonyl (C=O) groups is 1. The molecule has 2 aromatic carbocycles. The molecule has 6 heteroatoms. The van der Waals surface area contributed by atoms with Crippen molar-refractivity contribution in [2.75, 3.05) is 0 Å². The summed E-state index contributed by atoms with van der Waals surface area (Å²) >= 11 is 1.40. The van der Waals surface area contributed by atoms with Gasteiger partial charge < -0.3 is 9.84 Å². The van der Waals surface area contributed by atoms with Crippen LogP contribution in [0.5, 0.6) is 0 Å². The highest BCUT2D eigenvalue weighted by molar-refractivity contribution is 7.12. The topological polar surface area (TPSA) is 68.0 Å². The second-order valence-corrected chi connectivity index (χ2v) is 6.96. The van der Waals surface area contributed by atoms with Crippen LogP contribution in [0.15, 0.2) is 82.7 Å². The summed E-state index contributed by atoms with van der Waals surface area (Å²) in [5.41, 5.74) is 1.95. The maximum atomic E-state index is 12.6. The normalized spacial score (nSPS) is 11.9. The standard InChI is InChI=1S/C21H17N3O2S/c25-20(18-12-7-13-27-18)22-17(14-15-8-3-1-4-9-15)21-23-19(24-26-21)16-10-5-2-6-11-16/h1-13,17H,14H2,(H,22,25)/t17-/m1/s1. The first-order chi connectivity index (χ1) is 13.3. The number of nitrogens with zero attached hydrogens (tertiary/aromatic N) is 2. The Kier molecular flexibility index (Phi) is 5.07. The average molecular weight is 375 g/mol. The van der Waals surface area contributed by atoms with Gasteiger partial charge >= 0.3 is 0 Å². The van der Waals surface area contributed by atoms with Gasteiger partial charge in [0.1, 0.15) is 6.04 Å². The van der Waals surface area contributed by atoms with Crippen LogP contribution in [0.3, 0.4) is 0 Å². The molecular formula is C21H17N3O2S. The molecule has 0 saturated heterocycles. The van der Waals surface area contributed by atoms with Crippen molar-refractivity contribution in [1.82, 2.24) is 15.5 Å². The third-order valence-corrected chi connectivity index (χ3v) is 4.97. The minimum absolute atomic E-state index is 0.148. The van der Waals surface area contributed by atoms with Crippen molar-refractivity contribution in [2.24, 2.45) is 0 Å². The summed E-state index contributed by atoms with van der Waals surface area (Å²) in [7, 11) is 0. The van der Waals surface area contributed by atoms with Crippen molar-refractivity contribution in [3.05, 3.63) is 94.5 Å². The Bertz CT molecular complexity index is 998. The molecule has 4 rings (SSSR count). The number of amides is 1. The molecule has 0 unspecified atom stereocenters. The highest BCUT2D eigenvalue weighted by atomic mass is 32.1. The fourth-order valence-corrected chi connectivity index (χ4v) is 3.40. The number of benzene rings is 2. The predicted octanol–water partition coefficient (Wildman–Crippen LogP) is 4.51. The monoisotopic (exact) mass is 375 g/mol. The van der Waals surface area contributed by atoms with Crippen molar-refractivity contribution >= 4 is 17.2 Å². The first kappa shape index (κ1) is 17.2. The molecule has 0 spiro atoms. The quantitative estimate of drug-likeness (QED) is 0.538. The molecule has 134 valence electrons. The summed E-state index contributed by atoms with van der Waals surface area (Å²) in [4.78, 5) is 17.7. The lowest BCUT2D eigenvalue weighted by atomic mass is 10.1. The minimum atomic E-state index is -0.410. The molecule has 0 saturated carbocycles. The summed E-state index contributed by atoms with van der Waals surface area (Å²) < 4.78 is 5.50. The van der Waals surface area contributed by atoms with Crippen LogP contribution in [0.4, 0.5) is 0 Å². The lowest BCUT2D eigenvalue weighted by molar-refractivity contribution is 0.0932. The van der Waals surface area contributed by atoms with Crippen LogP contribution in [-0.2, 0) is 6.42 Å². The zero-order valence-electron chi connectivity index (χ0n) is 14.4. The maximum absolute atomic E-state index is 12.6. The molecule has 0 aliphatic rings. The van der Waals surface area contributed by atoms with Gasteiger partial charge in [-0.2, -0.15) is 4.98 Å². The first-order valence-electron chi connectivity index (χ1n) is 8.57. The molecule has 0 bridgehead atoms. The van der Waals surface area contributed by atoms with Crippen LogP contribution in [0.1, 0.15) is 27.2 Å². The maximum Gasteiger partial charge on any atom is 0.262 e. The second-order valence-electron chi connectivity index (χ2n) is 6.02. The van der Waals surface area contributed by atoms with Gasteiger partial charge in [0.05, 0.1) is 4.88 Å². The van der Waals surface area contributed by atoms with E-state index in [-0.39, 0.29) is 5.91 Å². The molecule has 0 fully saturated rings. The van der Waals surface area contributed by atoms with Crippen LogP contribution in [-0.4, -0.2) is 16.0 Å². The van der Waals surface area contributed by atoms with E-state index in [0.717, 1.165) is 11.1 Å². The molecule has 0 aliphatic heterocycles. The number of carbonyl (C=O) groups excluding carboxylic acids is 1. The predicted molar refractivity (Wildman–Crippen MR) is 104 cm³/mol. The Hall–Kier alpha value is -3.25. The van der Waals surface area contributed by atoms with Gasteiger partial charge in [0.25, 0.3) is 5.91 Å². The molecule has 0 radical (unpaired) electrons. The second kappa shape index (κ2) is 7.97. The number of thiophene rings is 1. The van der Waals surface area contributed by atoms with Crippen molar-refractivity contribution in [1.29, 1.82) is 0 Å². The Labute approximate surface area is 160 Å². The molecule has 2 aromatic heterocycles. The first-order valence-corrected chi connectivity index (χ1v) is 9.45. The van der Waals surface area contributed by atoms with Crippen LogP contribution in [0, 0.1) is 0 Å². The Morgan fingerprint density at radius 2 is 1.74 bits per heavy atom. The number of hydrogen-bond acceptors (Lipinski definition) is 5. The van der Waals surface area contributed by atoms with Crippen LogP contribution >= 0.6 is 11.3 Å². The Morgan fingerprint density at radius 3 is 2.44 bits per heavy atom. The molecule has 1 N–H and O–H groups in total. The van der Waals surface area contributed by atoms with Crippen LogP contribution < -0.4 is 5.32 Å². The highest BCUT2D eigenvalue weighted by Crippen LogP contribution is 2.22. The van der Waals surface area contributed by atoms with Crippen LogP contribution in [0.2, 0.25) is 0 Å². The van der Waals surface area contributed by atoms with E-state index in [9.17, 15) is 4.79 Å². The largest absolute Gasteiger partial charge is 0.339 e. The van der Waals surface area contributed by atoms with Gasteiger partial charge in [-0.1, -0.05) is 71.9 Å². The van der Waals surface area contributed by atoms with E-state index in [1.54, 1.807) is 6.07 Å². The smallest absolute Gasteiger partial charge is 0.262 e. The zero-order chi connectivity index (χ0) is 18.5. The van der Waals surface area contributed by atoms with E-state index >= 15 is 0 Å². The molecule has 4 aromatic rings. The molecule has 27 heavy (non-hydrogen) atoms. The number of aromatic nitrogens is 2. The number of nitrogens with one attached hydrogen (secondary N) is 1. The third-order valence-electron chi connectivity index (χ3n) is 4.10. The summed E-state index contributed by atoms with van der Waals surface area (Å²) in [6.07, 6.45) is 0.564. The van der Waals surface area contributed by atoms with E-state index in [4.69, 9.17) is 4.52 Å². The molecule has 1 atom stereocenters. The van der Waals surface area contributed by atoms with Crippen molar-refractivity contribution < 1.29 is 9.32 Å². The summed E-state index contributed by atoms with van der Waals surface area (Å²) in [5, 5.41) is 8.98. The van der Waals surface area contributed by atoms with Gasteiger partial charge in [0.15, 0.2) is 0 Å². The lowest BCUT2D eigenvalue weighted by Gasteiger charge is -2.14. The fraction of sp³-hybridized carbons (Fsp3) is 0.0952. The van der Waals surface area contributed by atoms with Gasteiger partial charge in [-0.05, 0) is 17.0 Å². The summed E-state index contributed by atoms with van der Waals surface area (Å²) in [6.45, 7) is 0. The highest BCUT2D eigenvalue weighted by Gasteiger charge is 2.23. The van der Waals surface area contributed by atoms with E-state index in [1.165, 1.54) is 11.3 Å². The van der Waals surface area contributed by atoms with E-state index in [2.05, 4.69) is 15.5 Å². The Balaban J connectivity index is 1.61. The van der Waals surface area contributed by atoms with Crippen molar-refractivity contribution in [3.8, 4) is 11.4 Å². The van der Waals surface area contributed by atoms with E-state index < -0.39 is 6.04 Å².